The van der Waals surface area contributed by atoms with Crippen LogP contribution in [0.4, 0.5) is 0 Å². The van der Waals surface area contributed by atoms with Crippen molar-refractivity contribution < 1.29 is 4.42 Å². The van der Waals surface area contributed by atoms with Gasteiger partial charge in [0.2, 0.25) is 0 Å². The van der Waals surface area contributed by atoms with Crippen LogP contribution in [-0.4, -0.2) is 19.5 Å². The van der Waals surface area contributed by atoms with Crippen molar-refractivity contribution in [2.75, 3.05) is 0 Å². The van der Waals surface area contributed by atoms with Crippen molar-refractivity contribution in [2.24, 2.45) is 0 Å². The van der Waals surface area contributed by atoms with Crippen LogP contribution >= 0.6 is 0 Å². The van der Waals surface area contributed by atoms with Crippen LogP contribution in [0.2, 0.25) is 0 Å². The van der Waals surface area contributed by atoms with Crippen molar-refractivity contribution in [3.63, 3.8) is 0 Å². The zero-order valence-corrected chi connectivity index (χ0v) is 38.2. The highest BCUT2D eigenvalue weighted by molar-refractivity contribution is 6.17. The number of hydrogen-bond acceptors (Lipinski definition) is 4. The average Bonchev–Trinajstić information content (AvgIpc) is 4.02. The van der Waals surface area contributed by atoms with Crippen LogP contribution in [0.3, 0.4) is 0 Å². The van der Waals surface area contributed by atoms with E-state index in [-0.39, 0.29) is 5.41 Å². The van der Waals surface area contributed by atoms with Gasteiger partial charge in [0.05, 0.1) is 11.0 Å². The third-order valence-corrected chi connectivity index (χ3v) is 14.7. The second kappa shape index (κ2) is 15.2. The third kappa shape index (κ3) is 6.20. The Morgan fingerprint density at radius 1 is 0.464 bits per heavy atom. The Hall–Kier alpha value is -8.67. The number of benzene rings is 9. The van der Waals surface area contributed by atoms with E-state index < -0.39 is 0 Å². The van der Waals surface area contributed by atoms with E-state index in [0.29, 0.717) is 17.5 Å². The van der Waals surface area contributed by atoms with Crippen LogP contribution in [0.15, 0.2) is 216 Å². The van der Waals surface area contributed by atoms with E-state index in [1.807, 2.05) is 42.5 Å². The van der Waals surface area contributed by atoms with Gasteiger partial charge in [-0.15, -0.1) is 0 Å². The maximum Gasteiger partial charge on any atom is 0.164 e. The zero-order valence-electron chi connectivity index (χ0n) is 38.2. The minimum absolute atomic E-state index is 0.00337. The van der Waals surface area contributed by atoms with Crippen LogP contribution in [0, 0.1) is 0 Å². The molecular weight excluding hydrogens is 841 g/mol. The van der Waals surface area contributed by atoms with E-state index in [4.69, 9.17) is 19.4 Å². The van der Waals surface area contributed by atoms with Crippen molar-refractivity contribution in [2.45, 2.75) is 32.1 Å². The van der Waals surface area contributed by atoms with Gasteiger partial charge in [0.25, 0.3) is 0 Å². The van der Waals surface area contributed by atoms with Crippen molar-refractivity contribution in [1.82, 2.24) is 19.5 Å². The molecule has 9 aromatic carbocycles. The predicted molar refractivity (Wildman–Crippen MR) is 284 cm³/mol. The molecular formula is C64H44N4O. The van der Waals surface area contributed by atoms with Crippen LogP contribution in [0.25, 0.3) is 117 Å². The smallest absolute Gasteiger partial charge is 0.164 e. The summed E-state index contributed by atoms with van der Waals surface area (Å²) in [6, 6.07) is 71.6. The standard InChI is InChI=1S/C64H44N4O/c1-64(2)54-29-10-8-25-52(54)59-47(26-15-30-55(59)64)42-20-12-21-43(34-42)48-27-14-28-51-53-36-40-18-6-7-19-41(40)37-56(53)68(60(48)51)46-23-13-22-44(35-46)62-65-61(39-16-4-3-5-17-39)66-63(67-62)45-32-33-50-49-24-9-11-31-57(49)69-58(50)38-45/h3-14,16-29,31-38H,15,30H2,1-2H3. The molecule has 0 aliphatic heterocycles. The van der Waals surface area contributed by atoms with Crippen molar-refractivity contribution in [3.8, 4) is 51.0 Å². The number of rotatable bonds is 6. The van der Waals surface area contributed by atoms with Gasteiger partial charge in [-0.3, -0.25) is 0 Å². The van der Waals surface area contributed by atoms with Crippen LogP contribution in [0.5, 0.6) is 0 Å². The second-order valence-corrected chi connectivity index (χ2v) is 19.0. The molecule has 0 spiro atoms. The SMILES string of the molecule is CC1(C)C2=C(C(c3cccc(-c4cccc5c6cc7ccccc7cc6n(-c6cccc(-c7nc(-c8ccccc8)nc(-c8ccc9c(c8)oc8ccccc89)n7)c6)c45)c3)=CCC2)c2ccccc21. The molecule has 3 aromatic heterocycles. The molecule has 2 aliphatic rings. The van der Waals surface area contributed by atoms with Gasteiger partial charge >= 0.3 is 0 Å². The number of aromatic nitrogens is 4. The topological polar surface area (TPSA) is 56.7 Å². The molecule has 0 N–H and O–H groups in total. The van der Waals surface area contributed by atoms with Gasteiger partial charge in [-0.1, -0.05) is 177 Å². The van der Waals surface area contributed by atoms with E-state index in [1.165, 1.54) is 60.5 Å². The normalized spacial score (nSPS) is 14.3. The highest BCUT2D eigenvalue weighted by Gasteiger charge is 2.39. The molecule has 0 bridgehead atoms. The summed E-state index contributed by atoms with van der Waals surface area (Å²) in [4.78, 5) is 15.5. The molecule has 0 saturated carbocycles. The largest absolute Gasteiger partial charge is 0.456 e. The lowest BCUT2D eigenvalue weighted by Gasteiger charge is -2.27. The summed E-state index contributed by atoms with van der Waals surface area (Å²) in [5.41, 5.74) is 18.3. The predicted octanol–water partition coefficient (Wildman–Crippen LogP) is 16.6. The molecule has 0 radical (unpaired) electrons. The minimum Gasteiger partial charge on any atom is -0.456 e. The fraction of sp³-hybridized carbons (Fsp3) is 0.0781. The molecule has 0 fully saturated rings. The molecule has 12 aromatic rings. The number of furan rings is 1. The molecule has 3 heterocycles. The summed E-state index contributed by atoms with van der Waals surface area (Å²) in [5, 5.41) is 6.96. The second-order valence-electron chi connectivity index (χ2n) is 19.0. The first-order valence-electron chi connectivity index (χ1n) is 23.9. The Bertz CT molecular complexity index is 4170. The summed E-state index contributed by atoms with van der Waals surface area (Å²) >= 11 is 0. The monoisotopic (exact) mass is 884 g/mol. The average molecular weight is 885 g/mol. The molecule has 2 aliphatic carbocycles. The van der Waals surface area contributed by atoms with Crippen LogP contribution in [-0.2, 0) is 5.41 Å². The first-order valence-corrected chi connectivity index (χ1v) is 23.9. The lowest BCUT2D eigenvalue weighted by Crippen LogP contribution is -2.17. The van der Waals surface area contributed by atoms with Gasteiger partial charge < -0.3 is 8.98 Å². The Kier molecular flexibility index (Phi) is 8.69. The van der Waals surface area contributed by atoms with E-state index in [2.05, 4.69) is 182 Å². The fourth-order valence-electron chi connectivity index (χ4n) is 11.5. The molecule has 5 heteroatoms. The number of nitrogens with zero attached hydrogens (tertiary/aromatic N) is 4. The van der Waals surface area contributed by atoms with Gasteiger partial charge in [0.15, 0.2) is 17.5 Å². The fourth-order valence-corrected chi connectivity index (χ4v) is 11.5. The van der Waals surface area contributed by atoms with E-state index >= 15 is 0 Å². The first-order chi connectivity index (χ1) is 33.9. The highest BCUT2D eigenvalue weighted by Crippen LogP contribution is 2.54. The highest BCUT2D eigenvalue weighted by atomic mass is 16.3. The van der Waals surface area contributed by atoms with Gasteiger partial charge in [0.1, 0.15) is 11.2 Å². The van der Waals surface area contributed by atoms with Crippen molar-refractivity contribution in [3.05, 3.63) is 229 Å². The molecule has 69 heavy (non-hydrogen) atoms. The van der Waals surface area contributed by atoms with E-state index in [1.54, 1.807) is 5.57 Å². The molecule has 5 nitrogen and oxygen atoms in total. The molecule has 0 unspecified atom stereocenters. The molecule has 0 atom stereocenters. The van der Waals surface area contributed by atoms with E-state index in [0.717, 1.165) is 68.2 Å². The number of allylic oxidation sites excluding steroid dienone is 4. The maximum absolute atomic E-state index is 6.34. The lowest BCUT2D eigenvalue weighted by molar-refractivity contribution is 0.608. The van der Waals surface area contributed by atoms with Crippen LogP contribution in [0.1, 0.15) is 43.4 Å². The first kappa shape index (κ1) is 39.5. The lowest BCUT2D eigenvalue weighted by atomic mass is 9.77. The van der Waals surface area contributed by atoms with E-state index in [9.17, 15) is 0 Å². The summed E-state index contributed by atoms with van der Waals surface area (Å²) in [6.45, 7) is 4.80. The third-order valence-electron chi connectivity index (χ3n) is 14.7. The Balaban J connectivity index is 0.954. The summed E-state index contributed by atoms with van der Waals surface area (Å²) < 4.78 is 8.79. The Morgan fingerprint density at radius 3 is 1.97 bits per heavy atom. The van der Waals surface area contributed by atoms with Gasteiger partial charge in [-0.25, -0.2) is 15.0 Å². The molecule has 0 amide bonds. The summed E-state index contributed by atoms with van der Waals surface area (Å²) in [5.74, 6) is 1.78. The van der Waals surface area contributed by atoms with Crippen molar-refractivity contribution in [1.29, 1.82) is 0 Å². The molecule has 326 valence electrons. The Labute approximate surface area is 399 Å². The van der Waals surface area contributed by atoms with Gasteiger partial charge in [-0.05, 0) is 106 Å². The summed E-state index contributed by atoms with van der Waals surface area (Å²) in [7, 11) is 0. The number of fused-ring (bicyclic) bond motifs is 9. The minimum atomic E-state index is 0.00337. The van der Waals surface area contributed by atoms with Gasteiger partial charge in [-0.2, -0.15) is 0 Å². The van der Waals surface area contributed by atoms with Crippen LogP contribution < -0.4 is 0 Å². The van der Waals surface area contributed by atoms with Crippen molar-refractivity contribution >= 4 is 65.7 Å². The zero-order chi connectivity index (χ0) is 45.8. The number of para-hydroxylation sites is 2. The Morgan fingerprint density at radius 2 is 1.10 bits per heavy atom. The van der Waals surface area contributed by atoms with Gasteiger partial charge in [0, 0.05) is 54.9 Å². The maximum atomic E-state index is 6.34. The summed E-state index contributed by atoms with van der Waals surface area (Å²) in [6.07, 6.45) is 4.60. The molecule has 0 saturated heterocycles. The number of hydrogen-bond donors (Lipinski definition) is 0. The quantitative estimate of drug-likeness (QED) is 0.167. The molecule has 14 rings (SSSR count).